The Morgan fingerprint density at radius 3 is 2.43 bits per heavy atom. The molecule has 0 atom stereocenters. The molecule has 0 saturated heterocycles. The van der Waals surface area contributed by atoms with Crippen molar-refractivity contribution in [3.05, 3.63) is 88.4 Å². The first-order valence-electron chi connectivity index (χ1n) is 11.2. The first kappa shape index (κ1) is 25.8. The van der Waals surface area contributed by atoms with Crippen LogP contribution in [0.1, 0.15) is 41.3 Å². The van der Waals surface area contributed by atoms with Crippen molar-refractivity contribution < 1.29 is 23.8 Å². The minimum absolute atomic E-state index is 0.158. The third kappa shape index (κ3) is 8.15. The van der Waals surface area contributed by atoms with Crippen LogP contribution >= 0.6 is 11.6 Å². The van der Waals surface area contributed by atoms with Gasteiger partial charge in [-0.05, 0) is 78.6 Å². The van der Waals surface area contributed by atoms with Gasteiger partial charge in [-0.2, -0.15) is 5.10 Å². The van der Waals surface area contributed by atoms with E-state index in [0.717, 1.165) is 19.3 Å². The quantitative estimate of drug-likeness (QED) is 0.166. The first-order valence-corrected chi connectivity index (χ1v) is 11.6. The molecule has 0 spiro atoms. The Labute approximate surface area is 209 Å². The molecule has 3 rings (SSSR count). The van der Waals surface area contributed by atoms with E-state index in [1.807, 2.05) is 24.3 Å². The number of unbranched alkanes of at least 4 members (excludes halogenated alkanes) is 1. The Balaban J connectivity index is 1.50. The van der Waals surface area contributed by atoms with Gasteiger partial charge < -0.3 is 14.2 Å². The number of halogens is 1. The number of aryl methyl sites for hydroxylation is 1. The number of carbonyl (C=O) groups excluding carboxylic acids is 2. The van der Waals surface area contributed by atoms with Crippen LogP contribution in [0.15, 0.2) is 71.8 Å². The van der Waals surface area contributed by atoms with Gasteiger partial charge in [0.2, 0.25) is 0 Å². The molecule has 35 heavy (non-hydrogen) atoms. The lowest BCUT2D eigenvalue weighted by atomic mass is 10.1. The van der Waals surface area contributed by atoms with Crippen molar-refractivity contribution in [3.8, 4) is 17.2 Å². The number of hydrogen-bond acceptors (Lipinski definition) is 6. The summed E-state index contributed by atoms with van der Waals surface area (Å²) in [6.45, 7) is 2.00. The van der Waals surface area contributed by atoms with Crippen molar-refractivity contribution in [1.29, 1.82) is 0 Å². The Hall–Kier alpha value is -3.84. The number of nitrogens with one attached hydrogen (secondary N) is 1. The van der Waals surface area contributed by atoms with Crippen molar-refractivity contribution in [2.75, 3.05) is 13.7 Å². The summed E-state index contributed by atoms with van der Waals surface area (Å²) >= 11 is 5.85. The maximum Gasteiger partial charge on any atom is 0.343 e. The lowest BCUT2D eigenvalue weighted by Gasteiger charge is -2.10. The molecule has 0 heterocycles. The smallest absolute Gasteiger partial charge is 0.343 e. The molecule has 0 fully saturated rings. The number of rotatable bonds is 11. The zero-order valence-corrected chi connectivity index (χ0v) is 20.4. The summed E-state index contributed by atoms with van der Waals surface area (Å²) in [4.78, 5) is 24.4. The van der Waals surface area contributed by atoms with E-state index in [4.69, 9.17) is 25.8 Å². The van der Waals surface area contributed by atoms with Crippen LogP contribution in [0, 0.1) is 0 Å². The van der Waals surface area contributed by atoms with Crippen LogP contribution in [-0.4, -0.2) is 31.8 Å². The zero-order chi connectivity index (χ0) is 25.0. The number of methoxy groups -OCH3 is 1. The summed E-state index contributed by atoms with van der Waals surface area (Å²) in [6, 6.07) is 19.0. The minimum atomic E-state index is -0.538. The van der Waals surface area contributed by atoms with E-state index in [9.17, 15) is 9.59 Å². The topological polar surface area (TPSA) is 86.2 Å². The number of ether oxygens (including phenoxy) is 3. The highest BCUT2D eigenvalue weighted by Crippen LogP contribution is 2.28. The highest BCUT2D eigenvalue weighted by atomic mass is 35.5. The van der Waals surface area contributed by atoms with Crippen molar-refractivity contribution in [2.45, 2.75) is 26.2 Å². The summed E-state index contributed by atoms with van der Waals surface area (Å²) in [5, 5.41) is 4.47. The zero-order valence-electron chi connectivity index (χ0n) is 19.6. The molecule has 0 bridgehead atoms. The SMILES string of the molecule is CCCCc1ccc(OCC(=O)N/N=C/c2ccc(OC(=O)c3ccc(Cl)cc3)c(OC)c2)cc1. The molecule has 1 N–H and O–H groups in total. The standard InChI is InChI=1S/C27H27ClN2O5/c1-3-4-5-19-6-13-23(14-7-19)34-18-26(31)30-29-17-20-8-15-24(25(16-20)33-2)35-27(32)21-9-11-22(28)12-10-21/h6-17H,3-5,18H2,1-2H3,(H,30,31)/b29-17+. The van der Waals surface area contributed by atoms with Crippen molar-refractivity contribution >= 4 is 29.7 Å². The maximum atomic E-state index is 12.3. The molecular formula is C27H27ClN2O5. The molecule has 0 aliphatic heterocycles. The number of carbonyl (C=O) groups is 2. The monoisotopic (exact) mass is 494 g/mol. The molecule has 182 valence electrons. The van der Waals surface area contributed by atoms with Gasteiger partial charge in [-0.3, -0.25) is 4.79 Å². The molecule has 7 nitrogen and oxygen atoms in total. The molecule has 0 saturated carbocycles. The molecule has 3 aromatic carbocycles. The predicted octanol–water partition coefficient (Wildman–Crippen LogP) is 5.44. The largest absolute Gasteiger partial charge is 0.493 e. The number of esters is 1. The van der Waals surface area contributed by atoms with Gasteiger partial charge in [0.25, 0.3) is 5.91 Å². The van der Waals surface area contributed by atoms with Gasteiger partial charge >= 0.3 is 5.97 Å². The van der Waals surface area contributed by atoms with Crippen LogP contribution < -0.4 is 19.6 Å². The number of hydrazone groups is 1. The molecular weight excluding hydrogens is 468 g/mol. The minimum Gasteiger partial charge on any atom is -0.493 e. The van der Waals surface area contributed by atoms with E-state index in [2.05, 4.69) is 17.5 Å². The van der Waals surface area contributed by atoms with E-state index in [1.54, 1.807) is 42.5 Å². The molecule has 0 radical (unpaired) electrons. The predicted molar refractivity (Wildman–Crippen MR) is 136 cm³/mol. The number of benzene rings is 3. The molecule has 0 aliphatic rings. The van der Waals surface area contributed by atoms with Crippen LogP contribution in [0.2, 0.25) is 5.02 Å². The first-order chi connectivity index (χ1) is 17.0. The summed E-state index contributed by atoms with van der Waals surface area (Å²) in [7, 11) is 1.46. The van der Waals surface area contributed by atoms with Crippen LogP contribution in [-0.2, 0) is 11.2 Å². The summed E-state index contributed by atoms with van der Waals surface area (Å²) in [5.74, 6) is 0.287. The molecule has 3 aromatic rings. The van der Waals surface area contributed by atoms with Gasteiger partial charge in [-0.1, -0.05) is 37.1 Å². The van der Waals surface area contributed by atoms with E-state index in [1.165, 1.54) is 18.9 Å². The summed E-state index contributed by atoms with van der Waals surface area (Å²) < 4.78 is 16.2. The Morgan fingerprint density at radius 1 is 1.00 bits per heavy atom. The van der Waals surface area contributed by atoms with Gasteiger partial charge in [0, 0.05) is 5.02 Å². The van der Waals surface area contributed by atoms with Gasteiger partial charge in [0.1, 0.15) is 5.75 Å². The van der Waals surface area contributed by atoms with Crippen molar-refractivity contribution in [2.24, 2.45) is 5.10 Å². The fourth-order valence-corrected chi connectivity index (χ4v) is 3.21. The number of nitrogens with zero attached hydrogens (tertiary/aromatic N) is 1. The average molecular weight is 495 g/mol. The lowest BCUT2D eigenvalue weighted by Crippen LogP contribution is -2.24. The molecule has 0 unspecified atom stereocenters. The summed E-state index contributed by atoms with van der Waals surface area (Å²) in [6.07, 6.45) is 4.77. The molecule has 0 aliphatic carbocycles. The van der Waals surface area contributed by atoms with E-state index in [0.29, 0.717) is 27.6 Å². The molecule has 0 aromatic heterocycles. The fraction of sp³-hybridized carbons (Fsp3) is 0.222. The average Bonchev–Trinajstić information content (AvgIpc) is 2.88. The van der Waals surface area contributed by atoms with Gasteiger partial charge in [0.05, 0.1) is 18.9 Å². The summed E-state index contributed by atoms with van der Waals surface area (Å²) in [5.41, 5.74) is 4.66. The van der Waals surface area contributed by atoms with E-state index in [-0.39, 0.29) is 12.4 Å². The second-order valence-electron chi connectivity index (χ2n) is 7.64. The fourth-order valence-electron chi connectivity index (χ4n) is 3.09. The van der Waals surface area contributed by atoms with Crippen molar-refractivity contribution in [1.82, 2.24) is 5.43 Å². The third-order valence-electron chi connectivity index (χ3n) is 4.99. The molecule has 8 heteroatoms. The second-order valence-corrected chi connectivity index (χ2v) is 8.07. The second kappa shape index (κ2) is 13.2. The van der Waals surface area contributed by atoms with Crippen molar-refractivity contribution in [3.63, 3.8) is 0 Å². The lowest BCUT2D eigenvalue weighted by molar-refractivity contribution is -0.123. The number of hydrogen-bond donors (Lipinski definition) is 1. The van der Waals surface area contributed by atoms with Crippen LogP contribution in [0.4, 0.5) is 0 Å². The molecule has 1 amide bonds. The Morgan fingerprint density at radius 2 is 1.74 bits per heavy atom. The van der Waals surface area contributed by atoms with Gasteiger partial charge in [0.15, 0.2) is 18.1 Å². The van der Waals surface area contributed by atoms with Crippen LogP contribution in [0.25, 0.3) is 0 Å². The highest BCUT2D eigenvalue weighted by molar-refractivity contribution is 6.30. The number of amides is 1. The van der Waals surface area contributed by atoms with E-state index >= 15 is 0 Å². The normalized spacial score (nSPS) is 10.7. The Bertz CT molecular complexity index is 1160. The van der Waals surface area contributed by atoms with Gasteiger partial charge in [-0.15, -0.1) is 0 Å². The van der Waals surface area contributed by atoms with Crippen LogP contribution in [0.3, 0.4) is 0 Å². The maximum absolute atomic E-state index is 12.3. The Kier molecular flexibility index (Phi) is 9.69. The van der Waals surface area contributed by atoms with Gasteiger partial charge in [-0.25, -0.2) is 10.2 Å². The third-order valence-corrected chi connectivity index (χ3v) is 5.24. The highest BCUT2D eigenvalue weighted by Gasteiger charge is 2.13. The van der Waals surface area contributed by atoms with E-state index < -0.39 is 11.9 Å². The van der Waals surface area contributed by atoms with Crippen LogP contribution in [0.5, 0.6) is 17.2 Å².